The molecule has 0 aromatic heterocycles. The SMILES string of the molecule is C[C@H](O)c1c(F)cccc1Sc1cc(F)ccc1F. The first-order valence-corrected chi connectivity index (χ1v) is 6.40. The molecule has 0 aliphatic rings. The molecular weight excluding hydrogens is 273 g/mol. The van der Waals surface area contributed by atoms with E-state index in [2.05, 4.69) is 0 Å². The van der Waals surface area contributed by atoms with Crippen LogP contribution in [0.5, 0.6) is 0 Å². The van der Waals surface area contributed by atoms with Crippen LogP contribution in [0.15, 0.2) is 46.2 Å². The number of hydrogen-bond donors (Lipinski definition) is 1. The van der Waals surface area contributed by atoms with Gasteiger partial charge in [0.25, 0.3) is 0 Å². The lowest BCUT2D eigenvalue weighted by molar-refractivity contribution is 0.191. The fourth-order valence-electron chi connectivity index (χ4n) is 1.69. The van der Waals surface area contributed by atoms with Crippen LogP contribution >= 0.6 is 11.8 Å². The molecule has 5 heteroatoms. The number of hydrogen-bond acceptors (Lipinski definition) is 2. The summed E-state index contributed by atoms with van der Waals surface area (Å²) in [6.45, 7) is 1.42. The van der Waals surface area contributed by atoms with Crippen molar-refractivity contribution in [3.8, 4) is 0 Å². The van der Waals surface area contributed by atoms with E-state index >= 15 is 0 Å². The Morgan fingerprint density at radius 1 is 1.00 bits per heavy atom. The molecule has 19 heavy (non-hydrogen) atoms. The Bertz CT molecular complexity index is 599. The normalized spacial score (nSPS) is 12.5. The molecular formula is C14H11F3OS. The lowest BCUT2D eigenvalue weighted by atomic mass is 10.1. The van der Waals surface area contributed by atoms with Crippen LogP contribution in [0.25, 0.3) is 0 Å². The van der Waals surface area contributed by atoms with Crippen LogP contribution in [-0.2, 0) is 0 Å². The molecule has 2 aromatic rings. The molecule has 0 radical (unpaired) electrons. The molecule has 2 rings (SSSR count). The third kappa shape index (κ3) is 3.11. The van der Waals surface area contributed by atoms with Crippen LogP contribution in [0.3, 0.4) is 0 Å². The summed E-state index contributed by atoms with van der Waals surface area (Å²) in [5.74, 6) is -1.73. The molecule has 0 fully saturated rings. The second-order valence-electron chi connectivity index (χ2n) is 4.00. The van der Waals surface area contributed by atoms with E-state index in [9.17, 15) is 18.3 Å². The standard InChI is InChI=1S/C14H11F3OS/c1-8(18)14-11(17)3-2-4-12(14)19-13-7-9(15)5-6-10(13)16/h2-8,18H,1H3/t8-/m0/s1. The highest BCUT2D eigenvalue weighted by atomic mass is 32.2. The fraction of sp³-hybridized carbons (Fsp3) is 0.143. The minimum absolute atomic E-state index is 0.0486. The van der Waals surface area contributed by atoms with E-state index in [4.69, 9.17) is 0 Å². The molecule has 0 aliphatic carbocycles. The summed E-state index contributed by atoms with van der Waals surface area (Å²) < 4.78 is 40.3. The molecule has 1 N–H and O–H groups in total. The Balaban J connectivity index is 2.44. The molecule has 0 saturated carbocycles. The number of benzene rings is 2. The Kier molecular flexibility index (Phi) is 4.17. The van der Waals surface area contributed by atoms with Crippen LogP contribution in [0.2, 0.25) is 0 Å². The van der Waals surface area contributed by atoms with E-state index in [1.165, 1.54) is 19.1 Å². The number of halogens is 3. The van der Waals surface area contributed by atoms with Crippen molar-refractivity contribution in [2.24, 2.45) is 0 Å². The summed E-state index contributed by atoms with van der Waals surface area (Å²) >= 11 is 0.882. The van der Waals surface area contributed by atoms with Gasteiger partial charge in [-0.1, -0.05) is 17.8 Å². The quantitative estimate of drug-likeness (QED) is 0.906. The van der Waals surface area contributed by atoms with Crippen molar-refractivity contribution in [3.63, 3.8) is 0 Å². The van der Waals surface area contributed by atoms with E-state index in [-0.39, 0.29) is 10.5 Å². The van der Waals surface area contributed by atoms with Gasteiger partial charge in [-0.25, -0.2) is 13.2 Å². The van der Waals surface area contributed by atoms with Crippen molar-refractivity contribution in [1.82, 2.24) is 0 Å². The average Bonchev–Trinajstić information content (AvgIpc) is 2.33. The van der Waals surface area contributed by atoms with Crippen molar-refractivity contribution < 1.29 is 18.3 Å². The Morgan fingerprint density at radius 3 is 2.42 bits per heavy atom. The first-order chi connectivity index (χ1) is 8.99. The van der Waals surface area contributed by atoms with Crippen molar-refractivity contribution >= 4 is 11.8 Å². The number of rotatable bonds is 3. The maximum atomic E-state index is 13.6. The van der Waals surface area contributed by atoms with Crippen LogP contribution in [0, 0.1) is 17.5 Å². The lowest BCUT2D eigenvalue weighted by Crippen LogP contribution is -1.98. The van der Waals surface area contributed by atoms with E-state index < -0.39 is 23.6 Å². The van der Waals surface area contributed by atoms with Gasteiger partial charge in [-0.05, 0) is 37.3 Å². The summed E-state index contributed by atoms with van der Waals surface area (Å²) in [6, 6.07) is 7.30. The average molecular weight is 284 g/mol. The summed E-state index contributed by atoms with van der Waals surface area (Å²) in [5, 5.41) is 9.57. The van der Waals surface area contributed by atoms with Crippen molar-refractivity contribution in [3.05, 3.63) is 59.4 Å². The molecule has 1 atom stereocenters. The first-order valence-electron chi connectivity index (χ1n) is 5.58. The van der Waals surface area contributed by atoms with Gasteiger partial charge in [-0.15, -0.1) is 0 Å². The lowest BCUT2D eigenvalue weighted by Gasteiger charge is -2.12. The topological polar surface area (TPSA) is 20.2 Å². The highest BCUT2D eigenvalue weighted by molar-refractivity contribution is 7.99. The number of aliphatic hydroxyl groups is 1. The largest absolute Gasteiger partial charge is 0.389 e. The zero-order valence-corrected chi connectivity index (χ0v) is 10.8. The maximum Gasteiger partial charge on any atom is 0.137 e. The molecule has 0 heterocycles. The second-order valence-corrected chi connectivity index (χ2v) is 5.09. The van der Waals surface area contributed by atoms with Gasteiger partial charge in [0.15, 0.2) is 0 Å². The third-order valence-electron chi connectivity index (χ3n) is 2.54. The summed E-state index contributed by atoms with van der Waals surface area (Å²) in [5.41, 5.74) is 0.0798. The minimum Gasteiger partial charge on any atom is -0.389 e. The minimum atomic E-state index is -1.03. The Labute approximate surface area is 113 Å². The van der Waals surface area contributed by atoms with Gasteiger partial charge in [-0.2, -0.15) is 0 Å². The van der Waals surface area contributed by atoms with E-state index in [0.29, 0.717) is 4.90 Å². The van der Waals surface area contributed by atoms with Gasteiger partial charge in [-0.3, -0.25) is 0 Å². The van der Waals surface area contributed by atoms with Crippen LogP contribution in [-0.4, -0.2) is 5.11 Å². The zero-order chi connectivity index (χ0) is 14.0. The highest BCUT2D eigenvalue weighted by Crippen LogP contribution is 2.36. The number of aliphatic hydroxyl groups excluding tert-OH is 1. The van der Waals surface area contributed by atoms with Crippen molar-refractivity contribution in [1.29, 1.82) is 0 Å². The highest BCUT2D eigenvalue weighted by Gasteiger charge is 2.16. The molecule has 0 saturated heterocycles. The molecule has 0 unspecified atom stereocenters. The fourth-order valence-corrected chi connectivity index (χ4v) is 2.78. The molecule has 0 amide bonds. The predicted molar refractivity (Wildman–Crippen MR) is 67.5 cm³/mol. The maximum absolute atomic E-state index is 13.6. The molecule has 0 spiro atoms. The summed E-state index contributed by atoms with van der Waals surface area (Å²) in [6.07, 6.45) is -1.03. The monoisotopic (exact) mass is 284 g/mol. The van der Waals surface area contributed by atoms with Crippen LogP contribution in [0.4, 0.5) is 13.2 Å². The van der Waals surface area contributed by atoms with Gasteiger partial charge in [0.05, 0.1) is 11.0 Å². The van der Waals surface area contributed by atoms with Crippen LogP contribution < -0.4 is 0 Å². The second kappa shape index (κ2) is 5.67. The van der Waals surface area contributed by atoms with Gasteiger partial charge in [0, 0.05) is 10.5 Å². The third-order valence-corrected chi connectivity index (χ3v) is 3.65. The van der Waals surface area contributed by atoms with Gasteiger partial charge >= 0.3 is 0 Å². The summed E-state index contributed by atoms with van der Waals surface area (Å²) in [7, 11) is 0. The zero-order valence-electron chi connectivity index (χ0n) is 10.0. The van der Waals surface area contributed by atoms with Gasteiger partial charge < -0.3 is 5.11 Å². The smallest absolute Gasteiger partial charge is 0.137 e. The van der Waals surface area contributed by atoms with Crippen LogP contribution in [0.1, 0.15) is 18.6 Å². The van der Waals surface area contributed by atoms with Crippen molar-refractivity contribution in [2.75, 3.05) is 0 Å². The van der Waals surface area contributed by atoms with Crippen molar-refractivity contribution in [2.45, 2.75) is 22.8 Å². The predicted octanol–water partition coefficient (Wildman–Crippen LogP) is 4.31. The van der Waals surface area contributed by atoms with Gasteiger partial charge in [0.1, 0.15) is 17.5 Å². The molecule has 1 nitrogen and oxygen atoms in total. The van der Waals surface area contributed by atoms with E-state index in [0.717, 1.165) is 30.0 Å². The summed E-state index contributed by atoms with van der Waals surface area (Å²) in [4.78, 5) is 0.409. The van der Waals surface area contributed by atoms with Gasteiger partial charge in [0.2, 0.25) is 0 Å². The van der Waals surface area contributed by atoms with E-state index in [1.807, 2.05) is 0 Å². The van der Waals surface area contributed by atoms with E-state index in [1.54, 1.807) is 6.07 Å². The molecule has 0 aliphatic heterocycles. The Morgan fingerprint density at radius 2 is 1.74 bits per heavy atom. The molecule has 100 valence electrons. The molecule has 2 aromatic carbocycles. The Hall–Kier alpha value is -1.46. The molecule has 0 bridgehead atoms. The first kappa shape index (κ1) is 14.0.